The van der Waals surface area contributed by atoms with Crippen molar-refractivity contribution in [2.24, 2.45) is 28.6 Å². The van der Waals surface area contributed by atoms with Gasteiger partial charge in [0.2, 0.25) is 0 Å². The van der Waals surface area contributed by atoms with Crippen molar-refractivity contribution in [2.45, 2.75) is 70.8 Å². The maximum absolute atomic E-state index is 13.5. The quantitative estimate of drug-likeness (QED) is 0.403. The van der Waals surface area contributed by atoms with Crippen LogP contribution in [0, 0.1) is 28.6 Å². The molecule has 6 atom stereocenters. The van der Waals surface area contributed by atoms with Gasteiger partial charge >= 0.3 is 6.16 Å². The molecule has 0 aliphatic heterocycles. The molecular weight excluding hydrogens is 488 g/mol. The first-order valence-corrected chi connectivity index (χ1v) is 14.6. The van der Waals surface area contributed by atoms with E-state index in [1.165, 1.54) is 22.3 Å². The summed E-state index contributed by atoms with van der Waals surface area (Å²) >= 11 is 0. The van der Waals surface area contributed by atoms with E-state index in [2.05, 4.69) is 38.1 Å². The van der Waals surface area contributed by atoms with Gasteiger partial charge in [0.15, 0.2) is 5.78 Å². The van der Waals surface area contributed by atoms with E-state index in [1.54, 1.807) is 0 Å². The molecule has 0 saturated heterocycles. The Labute approximate surface area is 230 Å². The summed E-state index contributed by atoms with van der Waals surface area (Å²) in [6, 6.07) is 16.6. The molecule has 0 spiro atoms. The zero-order chi connectivity index (χ0) is 26.9. The number of benzene rings is 2. The summed E-state index contributed by atoms with van der Waals surface area (Å²) in [5.41, 5.74) is 5.44. The average Bonchev–Trinajstić information content (AvgIpc) is 3.42. The first kappa shape index (κ1) is 24.8. The Morgan fingerprint density at radius 2 is 1.51 bits per heavy atom. The Hall–Kier alpha value is -3.21. The summed E-state index contributed by atoms with van der Waals surface area (Å²) in [4.78, 5) is 39.0. The predicted octanol–water partition coefficient (Wildman–Crippen LogP) is 7.03. The molecular formula is C34H36O5. The maximum atomic E-state index is 13.5. The van der Waals surface area contributed by atoms with E-state index in [0.29, 0.717) is 18.6 Å². The molecule has 0 bridgehead atoms. The lowest BCUT2D eigenvalue weighted by atomic mass is 9.48. The molecule has 0 heterocycles. The molecule has 5 aliphatic carbocycles. The highest BCUT2D eigenvalue weighted by Gasteiger charge is 2.61. The maximum Gasteiger partial charge on any atom is 0.508 e. The number of carbonyl (C=O) groups excluding carboxylic acids is 3. The Morgan fingerprint density at radius 3 is 2.23 bits per heavy atom. The summed E-state index contributed by atoms with van der Waals surface area (Å²) in [5.74, 6) is 0.905. The van der Waals surface area contributed by atoms with Crippen molar-refractivity contribution in [3.63, 3.8) is 0 Å². The Morgan fingerprint density at radius 1 is 0.872 bits per heavy atom. The van der Waals surface area contributed by atoms with Gasteiger partial charge in [-0.3, -0.25) is 9.59 Å². The Kier molecular flexibility index (Phi) is 5.66. The number of rotatable bonds is 3. The van der Waals surface area contributed by atoms with Crippen LogP contribution in [0.5, 0.6) is 0 Å². The van der Waals surface area contributed by atoms with E-state index in [-0.39, 0.29) is 53.0 Å². The van der Waals surface area contributed by atoms with Crippen LogP contribution >= 0.6 is 0 Å². The van der Waals surface area contributed by atoms with E-state index in [9.17, 15) is 14.4 Å². The lowest BCUT2D eigenvalue weighted by Crippen LogP contribution is -2.53. The van der Waals surface area contributed by atoms with Crippen LogP contribution in [0.1, 0.15) is 75.8 Å². The molecule has 5 heteroatoms. The van der Waals surface area contributed by atoms with Crippen molar-refractivity contribution in [1.29, 1.82) is 0 Å². The van der Waals surface area contributed by atoms with Gasteiger partial charge in [0.1, 0.15) is 18.5 Å². The normalized spacial score (nSPS) is 34.8. The van der Waals surface area contributed by atoms with E-state index in [1.807, 2.05) is 30.3 Å². The minimum absolute atomic E-state index is 0.00494. The van der Waals surface area contributed by atoms with Gasteiger partial charge in [-0.1, -0.05) is 68.0 Å². The van der Waals surface area contributed by atoms with Crippen LogP contribution in [0.3, 0.4) is 0 Å². The second-order valence-corrected chi connectivity index (χ2v) is 12.9. The van der Waals surface area contributed by atoms with Gasteiger partial charge in [0.05, 0.1) is 0 Å². The number of ether oxygens (including phenoxy) is 2. The fourth-order valence-electron chi connectivity index (χ4n) is 9.00. The van der Waals surface area contributed by atoms with Crippen molar-refractivity contribution < 1.29 is 23.9 Å². The number of fused-ring (bicyclic) bond motifs is 8. The molecule has 0 N–H and O–H groups in total. The van der Waals surface area contributed by atoms with Gasteiger partial charge in [0, 0.05) is 30.1 Å². The molecule has 39 heavy (non-hydrogen) atoms. The number of hydrogen-bond acceptors (Lipinski definition) is 5. The van der Waals surface area contributed by atoms with Crippen LogP contribution in [0.4, 0.5) is 4.79 Å². The third-order valence-electron chi connectivity index (χ3n) is 11.2. The van der Waals surface area contributed by atoms with E-state index < -0.39 is 6.16 Å². The smallest absolute Gasteiger partial charge is 0.433 e. The largest absolute Gasteiger partial charge is 0.508 e. The number of carbonyl (C=O) groups is 3. The molecule has 0 unspecified atom stereocenters. The van der Waals surface area contributed by atoms with Crippen LogP contribution in [0.2, 0.25) is 0 Å². The van der Waals surface area contributed by atoms with Gasteiger partial charge in [-0.25, -0.2) is 4.79 Å². The molecule has 0 radical (unpaired) electrons. The minimum atomic E-state index is -0.635. The average molecular weight is 525 g/mol. The zero-order valence-electron chi connectivity index (χ0n) is 22.8. The number of Topliss-reactive ketones (excluding diaryl/α,β-unsaturated/α-hetero) is 1. The lowest BCUT2D eigenvalue weighted by molar-refractivity contribution is -0.139. The third kappa shape index (κ3) is 3.68. The van der Waals surface area contributed by atoms with Crippen molar-refractivity contribution >= 4 is 17.7 Å². The summed E-state index contributed by atoms with van der Waals surface area (Å²) in [5, 5.41) is 0. The standard InChI is InChI=1S/C34H36O5/c1-33-15-13-21(17-20(33)18-29(35)31-27-11-12-30(36)34(27,2)16-14-28(31)33)39-32(37)38-19-26-24-9-5-3-7-22(24)23-8-4-6-10-25(23)26/h3-10,18,21,26-28,31H,11-17,19H2,1-2H3/t21-,27-,28-,31-,33-,34-/m0/s1. The molecule has 3 fully saturated rings. The fraction of sp³-hybridized carbons (Fsp3) is 0.500. The minimum Gasteiger partial charge on any atom is -0.433 e. The van der Waals surface area contributed by atoms with Crippen molar-refractivity contribution in [2.75, 3.05) is 6.61 Å². The van der Waals surface area contributed by atoms with Gasteiger partial charge < -0.3 is 9.47 Å². The molecule has 3 saturated carbocycles. The topological polar surface area (TPSA) is 69.7 Å². The second kappa shape index (κ2) is 8.90. The molecule has 0 amide bonds. The lowest BCUT2D eigenvalue weighted by Gasteiger charge is -2.55. The highest BCUT2D eigenvalue weighted by molar-refractivity contribution is 5.96. The van der Waals surface area contributed by atoms with E-state index in [0.717, 1.165) is 37.7 Å². The van der Waals surface area contributed by atoms with Gasteiger partial charge in [-0.05, 0) is 77.7 Å². The van der Waals surface area contributed by atoms with Crippen molar-refractivity contribution in [3.8, 4) is 11.1 Å². The molecule has 202 valence electrons. The monoisotopic (exact) mass is 524 g/mol. The second-order valence-electron chi connectivity index (χ2n) is 12.9. The Balaban J connectivity index is 1.03. The van der Waals surface area contributed by atoms with Crippen LogP contribution in [-0.4, -0.2) is 30.4 Å². The fourth-order valence-corrected chi connectivity index (χ4v) is 9.00. The molecule has 5 aliphatic rings. The van der Waals surface area contributed by atoms with E-state index >= 15 is 0 Å². The summed E-state index contributed by atoms with van der Waals surface area (Å²) in [6.07, 6.45) is 6.40. The van der Waals surface area contributed by atoms with Gasteiger partial charge in [-0.2, -0.15) is 0 Å². The van der Waals surface area contributed by atoms with Crippen molar-refractivity contribution in [1.82, 2.24) is 0 Å². The molecule has 7 rings (SSSR count). The highest BCUT2D eigenvalue weighted by Crippen LogP contribution is 2.63. The summed E-state index contributed by atoms with van der Waals surface area (Å²) < 4.78 is 11.5. The van der Waals surface area contributed by atoms with Gasteiger partial charge in [-0.15, -0.1) is 0 Å². The number of hydrogen-bond donors (Lipinski definition) is 0. The molecule has 2 aromatic carbocycles. The summed E-state index contributed by atoms with van der Waals surface area (Å²) in [7, 11) is 0. The SMILES string of the molecule is C[C@]12CC[C@H](OC(=O)OCC3c4ccccc4-c4ccccc43)CC1=CC(=O)[C@@H]1[C@@H]2CC[C@]2(C)C(=O)CC[C@@H]12. The van der Waals surface area contributed by atoms with E-state index in [4.69, 9.17) is 9.47 Å². The molecule has 0 aromatic heterocycles. The third-order valence-corrected chi connectivity index (χ3v) is 11.2. The number of ketones is 2. The molecule has 5 nitrogen and oxygen atoms in total. The predicted molar refractivity (Wildman–Crippen MR) is 147 cm³/mol. The van der Waals surface area contributed by atoms with Crippen LogP contribution in [0.15, 0.2) is 60.2 Å². The highest BCUT2D eigenvalue weighted by atomic mass is 16.7. The van der Waals surface area contributed by atoms with Crippen LogP contribution < -0.4 is 0 Å². The Bertz CT molecular complexity index is 1360. The number of allylic oxidation sites excluding steroid dienone is 1. The first-order chi connectivity index (χ1) is 18.8. The molecule has 2 aromatic rings. The zero-order valence-corrected chi connectivity index (χ0v) is 22.8. The van der Waals surface area contributed by atoms with Crippen LogP contribution in [-0.2, 0) is 19.1 Å². The summed E-state index contributed by atoms with van der Waals surface area (Å²) in [6.45, 7) is 4.63. The van der Waals surface area contributed by atoms with Gasteiger partial charge in [0.25, 0.3) is 0 Å². The van der Waals surface area contributed by atoms with Crippen molar-refractivity contribution in [3.05, 3.63) is 71.3 Å². The van der Waals surface area contributed by atoms with Crippen LogP contribution in [0.25, 0.3) is 11.1 Å². The first-order valence-electron chi connectivity index (χ1n) is 14.6.